The molecule has 3 heteroatoms. The maximum absolute atomic E-state index is 8.81. The van der Waals surface area contributed by atoms with Gasteiger partial charge in [0.2, 0.25) is 0 Å². The number of aliphatic hydroxyl groups is 1. The fourth-order valence-electron chi connectivity index (χ4n) is 1.16. The normalized spacial score (nSPS) is 14.5. The Morgan fingerprint density at radius 1 is 1.46 bits per heavy atom. The minimum atomic E-state index is 0.0246. The van der Waals surface area contributed by atoms with Crippen molar-refractivity contribution >= 4 is 0 Å². The molecule has 80 valence electrons. The standard InChI is InChI=1S/C10H23NO2/c1-9(8-13-4)7-11-10(2,3)5-6-12/h9,11-12H,5-8H2,1-4H3. The van der Waals surface area contributed by atoms with Gasteiger partial charge >= 0.3 is 0 Å². The van der Waals surface area contributed by atoms with Gasteiger partial charge in [0, 0.05) is 32.4 Å². The largest absolute Gasteiger partial charge is 0.396 e. The van der Waals surface area contributed by atoms with Crippen molar-refractivity contribution in [3.8, 4) is 0 Å². The van der Waals surface area contributed by atoms with E-state index in [4.69, 9.17) is 9.84 Å². The van der Waals surface area contributed by atoms with Crippen LogP contribution in [-0.4, -0.2) is 37.5 Å². The molecule has 0 aliphatic heterocycles. The molecular weight excluding hydrogens is 166 g/mol. The minimum absolute atomic E-state index is 0.0246. The highest BCUT2D eigenvalue weighted by Crippen LogP contribution is 2.07. The summed E-state index contributed by atoms with van der Waals surface area (Å²) in [7, 11) is 1.72. The minimum Gasteiger partial charge on any atom is -0.396 e. The summed E-state index contributed by atoms with van der Waals surface area (Å²) < 4.78 is 5.04. The lowest BCUT2D eigenvalue weighted by atomic mass is 10.0. The van der Waals surface area contributed by atoms with E-state index in [1.54, 1.807) is 7.11 Å². The van der Waals surface area contributed by atoms with Crippen molar-refractivity contribution in [3.05, 3.63) is 0 Å². The van der Waals surface area contributed by atoms with Crippen molar-refractivity contribution in [2.24, 2.45) is 5.92 Å². The van der Waals surface area contributed by atoms with Gasteiger partial charge in [0.05, 0.1) is 0 Å². The topological polar surface area (TPSA) is 41.5 Å². The van der Waals surface area contributed by atoms with E-state index in [1.165, 1.54) is 0 Å². The zero-order valence-corrected chi connectivity index (χ0v) is 9.26. The molecule has 0 saturated carbocycles. The van der Waals surface area contributed by atoms with Crippen molar-refractivity contribution in [2.75, 3.05) is 26.9 Å². The van der Waals surface area contributed by atoms with Crippen LogP contribution in [-0.2, 0) is 4.74 Å². The second-order valence-corrected chi connectivity index (χ2v) is 4.30. The number of nitrogens with one attached hydrogen (secondary N) is 1. The van der Waals surface area contributed by atoms with E-state index in [2.05, 4.69) is 26.1 Å². The summed E-state index contributed by atoms with van der Waals surface area (Å²) in [6.07, 6.45) is 0.784. The average Bonchev–Trinajstić information content (AvgIpc) is 2.02. The molecule has 0 aromatic heterocycles. The fraction of sp³-hybridized carbons (Fsp3) is 1.00. The number of aliphatic hydroxyl groups excluding tert-OH is 1. The second kappa shape index (κ2) is 6.35. The number of hydrogen-bond donors (Lipinski definition) is 2. The molecule has 0 saturated heterocycles. The lowest BCUT2D eigenvalue weighted by Crippen LogP contribution is -2.42. The Bertz CT molecular complexity index is 126. The van der Waals surface area contributed by atoms with Crippen LogP contribution in [0.2, 0.25) is 0 Å². The number of methoxy groups -OCH3 is 1. The Morgan fingerprint density at radius 3 is 2.54 bits per heavy atom. The van der Waals surface area contributed by atoms with Crippen LogP contribution in [0.15, 0.2) is 0 Å². The summed E-state index contributed by atoms with van der Waals surface area (Å²) in [6, 6.07) is 0. The van der Waals surface area contributed by atoms with Crippen molar-refractivity contribution in [3.63, 3.8) is 0 Å². The molecule has 3 nitrogen and oxygen atoms in total. The van der Waals surface area contributed by atoms with Crippen molar-refractivity contribution < 1.29 is 9.84 Å². The van der Waals surface area contributed by atoms with E-state index < -0.39 is 0 Å². The molecule has 0 aliphatic carbocycles. The summed E-state index contributed by atoms with van der Waals surface area (Å²) in [5, 5.41) is 12.2. The molecule has 0 aromatic carbocycles. The zero-order valence-electron chi connectivity index (χ0n) is 9.26. The third kappa shape index (κ3) is 6.99. The highest BCUT2D eigenvalue weighted by molar-refractivity contribution is 4.77. The first kappa shape index (κ1) is 12.9. The summed E-state index contributed by atoms with van der Waals surface area (Å²) in [4.78, 5) is 0. The summed E-state index contributed by atoms with van der Waals surface area (Å²) in [5.74, 6) is 0.517. The number of rotatable bonds is 7. The first-order chi connectivity index (χ1) is 6.02. The molecule has 13 heavy (non-hydrogen) atoms. The fourth-order valence-corrected chi connectivity index (χ4v) is 1.16. The lowest BCUT2D eigenvalue weighted by Gasteiger charge is -2.27. The molecule has 0 amide bonds. The molecule has 1 unspecified atom stereocenters. The Balaban J connectivity index is 3.60. The van der Waals surface area contributed by atoms with Gasteiger partial charge in [-0.25, -0.2) is 0 Å². The van der Waals surface area contributed by atoms with Crippen molar-refractivity contribution in [2.45, 2.75) is 32.7 Å². The molecule has 0 bridgehead atoms. The number of ether oxygens (including phenoxy) is 1. The van der Waals surface area contributed by atoms with Gasteiger partial charge in [-0.3, -0.25) is 0 Å². The van der Waals surface area contributed by atoms with Gasteiger partial charge in [-0.1, -0.05) is 6.92 Å². The molecule has 0 spiro atoms. The quantitative estimate of drug-likeness (QED) is 0.628. The average molecular weight is 189 g/mol. The maximum atomic E-state index is 8.81. The van der Waals surface area contributed by atoms with Gasteiger partial charge in [-0.05, 0) is 26.2 Å². The van der Waals surface area contributed by atoms with Crippen LogP contribution in [0.4, 0.5) is 0 Å². The predicted octanol–water partition coefficient (Wildman–Crippen LogP) is 1.02. The van der Waals surface area contributed by atoms with Crippen LogP contribution in [0.1, 0.15) is 27.2 Å². The monoisotopic (exact) mass is 189 g/mol. The molecule has 1 atom stereocenters. The highest BCUT2D eigenvalue weighted by atomic mass is 16.5. The van der Waals surface area contributed by atoms with E-state index in [-0.39, 0.29) is 12.1 Å². The SMILES string of the molecule is COCC(C)CNC(C)(C)CCO. The third-order valence-electron chi connectivity index (χ3n) is 2.12. The van der Waals surface area contributed by atoms with Gasteiger partial charge < -0.3 is 15.2 Å². The van der Waals surface area contributed by atoms with Gasteiger partial charge in [-0.2, -0.15) is 0 Å². The first-order valence-corrected chi connectivity index (χ1v) is 4.86. The molecule has 0 radical (unpaired) electrons. The third-order valence-corrected chi connectivity index (χ3v) is 2.12. The highest BCUT2D eigenvalue weighted by Gasteiger charge is 2.16. The van der Waals surface area contributed by atoms with Gasteiger partial charge in [0.1, 0.15) is 0 Å². The lowest BCUT2D eigenvalue weighted by molar-refractivity contribution is 0.150. The Kier molecular flexibility index (Phi) is 6.29. The Morgan fingerprint density at radius 2 is 2.08 bits per heavy atom. The maximum Gasteiger partial charge on any atom is 0.0499 e. The van der Waals surface area contributed by atoms with E-state index in [9.17, 15) is 0 Å². The van der Waals surface area contributed by atoms with Crippen molar-refractivity contribution in [1.29, 1.82) is 0 Å². The molecule has 0 aliphatic rings. The Hall–Kier alpha value is -0.120. The van der Waals surface area contributed by atoms with Crippen LogP contribution in [0, 0.1) is 5.92 Å². The molecule has 0 aromatic rings. The first-order valence-electron chi connectivity index (χ1n) is 4.86. The molecule has 0 heterocycles. The predicted molar refractivity (Wildman–Crippen MR) is 54.8 cm³/mol. The second-order valence-electron chi connectivity index (χ2n) is 4.30. The van der Waals surface area contributed by atoms with Gasteiger partial charge in [-0.15, -0.1) is 0 Å². The van der Waals surface area contributed by atoms with Gasteiger partial charge in [0.25, 0.3) is 0 Å². The van der Waals surface area contributed by atoms with Crippen LogP contribution in [0.25, 0.3) is 0 Å². The molecule has 0 rings (SSSR count). The molecular formula is C10H23NO2. The van der Waals surface area contributed by atoms with Crippen molar-refractivity contribution in [1.82, 2.24) is 5.32 Å². The van der Waals surface area contributed by atoms with E-state index in [0.717, 1.165) is 19.6 Å². The van der Waals surface area contributed by atoms with E-state index in [0.29, 0.717) is 5.92 Å². The van der Waals surface area contributed by atoms with Crippen LogP contribution in [0.3, 0.4) is 0 Å². The Labute approximate surface area is 81.5 Å². The van der Waals surface area contributed by atoms with Crippen LogP contribution >= 0.6 is 0 Å². The summed E-state index contributed by atoms with van der Waals surface area (Å²) in [6.45, 7) is 8.29. The summed E-state index contributed by atoms with van der Waals surface area (Å²) >= 11 is 0. The summed E-state index contributed by atoms with van der Waals surface area (Å²) in [5.41, 5.74) is 0.0246. The molecule has 0 fully saturated rings. The zero-order chi connectivity index (χ0) is 10.3. The number of hydrogen-bond acceptors (Lipinski definition) is 3. The van der Waals surface area contributed by atoms with Gasteiger partial charge in [0.15, 0.2) is 0 Å². The van der Waals surface area contributed by atoms with Crippen LogP contribution < -0.4 is 5.32 Å². The van der Waals surface area contributed by atoms with E-state index in [1.807, 2.05) is 0 Å². The molecule has 2 N–H and O–H groups in total. The van der Waals surface area contributed by atoms with Crippen LogP contribution in [0.5, 0.6) is 0 Å². The van der Waals surface area contributed by atoms with E-state index >= 15 is 0 Å². The smallest absolute Gasteiger partial charge is 0.0499 e.